The van der Waals surface area contributed by atoms with E-state index in [2.05, 4.69) is 31.1 Å². The third-order valence-corrected chi connectivity index (χ3v) is 4.46. The van der Waals surface area contributed by atoms with Gasteiger partial charge in [-0.3, -0.25) is 4.57 Å². The monoisotopic (exact) mass is 298 g/mol. The molecule has 1 aromatic rings. The van der Waals surface area contributed by atoms with E-state index < -0.39 is 7.60 Å². The molecule has 0 radical (unpaired) electrons. The molecular formula is C14H23N2O3P. The van der Waals surface area contributed by atoms with Gasteiger partial charge in [-0.05, 0) is 29.9 Å². The van der Waals surface area contributed by atoms with Crippen LogP contribution in [0.2, 0.25) is 0 Å². The number of pyridine rings is 1. The summed E-state index contributed by atoms with van der Waals surface area (Å²) in [5, 5.41) is 3.47. The highest BCUT2D eigenvalue weighted by molar-refractivity contribution is 7.60. The number of nitrogens with zero attached hydrogens (tertiary/aromatic N) is 1. The molecule has 5 nitrogen and oxygen atoms in total. The Hall–Kier alpha value is -0.740. The number of rotatable bonds is 3. The zero-order chi connectivity index (χ0) is 15.0. The zero-order valence-electron chi connectivity index (χ0n) is 12.3. The molecule has 3 N–H and O–H groups in total. The molecule has 1 aliphatic heterocycles. The molecule has 0 aromatic carbocycles. The van der Waals surface area contributed by atoms with E-state index in [9.17, 15) is 14.4 Å². The predicted molar refractivity (Wildman–Crippen MR) is 78.9 cm³/mol. The lowest BCUT2D eigenvalue weighted by Crippen LogP contribution is -2.37. The van der Waals surface area contributed by atoms with E-state index in [1.54, 1.807) is 6.07 Å². The molecule has 6 heteroatoms. The zero-order valence-corrected chi connectivity index (χ0v) is 13.2. The van der Waals surface area contributed by atoms with Crippen LogP contribution in [0.25, 0.3) is 0 Å². The van der Waals surface area contributed by atoms with Gasteiger partial charge in [0.05, 0.1) is 0 Å². The van der Waals surface area contributed by atoms with Gasteiger partial charge in [-0.1, -0.05) is 26.8 Å². The first kappa shape index (κ1) is 15.6. The molecule has 20 heavy (non-hydrogen) atoms. The number of hydrogen-bond donors (Lipinski definition) is 3. The molecule has 0 bridgehead atoms. The van der Waals surface area contributed by atoms with Gasteiger partial charge >= 0.3 is 7.60 Å². The number of fused-ring (bicyclic) bond motifs is 1. The summed E-state index contributed by atoms with van der Waals surface area (Å²) in [5.41, 5.74) is 2.04. The van der Waals surface area contributed by atoms with Gasteiger partial charge < -0.3 is 15.1 Å². The smallest absolute Gasteiger partial charge is 0.320 e. The fourth-order valence-electron chi connectivity index (χ4n) is 2.39. The van der Waals surface area contributed by atoms with Crippen LogP contribution < -0.4 is 10.8 Å². The third kappa shape index (κ3) is 4.13. The Kier molecular flexibility index (Phi) is 4.35. The van der Waals surface area contributed by atoms with Crippen LogP contribution in [0.15, 0.2) is 12.1 Å². The van der Waals surface area contributed by atoms with Crippen LogP contribution in [0.1, 0.15) is 44.9 Å². The molecule has 0 aliphatic carbocycles. The Bertz CT molecular complexity index is 534. The fraction of sp³-hybridized carbons (Fsp3) is 0.643. The average Bonchev–Trinajstić information content (AvgIpc) is 2.33. The van der Waals surface area contributed by atoms with E-state index in [1.165, 1.54) is 6.07 Å². The second-order valence-corrected chi connectivity index (χ2v) is 8.25. The molecule has 0 amide bonds. The van der Waals surface area contributed by atoms with Crippen molar-refractivity contribution in [2.24, 2.45) is 5.41 Å². The Morgan fingerprint density at radius 1 is 1.40 bits per heavy atom. The minimum Gasteiger partial charge on any atom is -0.320 e. The van der Waals surface area contributed by atoms with Crippen LogP contribution in [-0.4, -0.2) is 20.8 Å². The van der Waals surface area contributed by atoms with Gasteiger partial charge in [0.15, 0.2) is 5.44 Å². The van der Waals surface area contributed by atoms with E-state index in [4.69, 9.17) is 0 Å². The largest absolute Gasteiger partial charge is 0.374 e. The van der Waals surface area contributed by atoms with Crippen LogP contribution in [0.3, 0.4) is 0 Å². The van der Waals surface area contributed by atoms with Crippen molar-refractivity contribution < 1.29 is 14.4 Å². The summed E-state index contributed by atoms with van der Waals surface area (Å²) in [6.07, 6.45) is 2.89. The van der Waals surface area contributed by atoms with Gasteiger partial charge in [-0.2, -0.15) is 0 Å². The summed E-state index contributed by atoms with van der Waals surface area (Å²) in [5.74, 6) is 0. The second-order valence-electron chi connectivity index (χ2n) is 6.70. The Balaban J connectivity index is 2.10. The van der Waals surface area contributed by atoms with E-state index in [0.29, 0.717) is 11.5 Å². The molecule has 0 saturated heterocycles. The van der Waals surface area contributed by atoms with Gasteiger partial charge in [0.1, 0.15) is 0 Å². The first-order valence-corrected chi connectivity index (χ1v) is 8.55. The quantitative estimate of drug-likeness (QED) is 0.740. The molecule has 0 saturated carbocycles. The van der Waals surface area contributed by atoms with Gasteiger partial charge in [0, 0.05) is 24.7 Å². The Morgan fingerprint density at radius 3 is 2.70 bits per heavy atom. The summed E-state index contributed by atoms with van der Waals surface area (Å²) in [7, 11) is -4.26. The molecule has 1 atom stereocenters. The van der Waals surface area contributed by atoms with Crippen LogP contribution in [-0.2, 0) is 17.5 Å². The lowest BCUT2D eigenvalue weighted by Gasteiger charge is -2.28. The van der Waals surface area contributed by atoms with Crippen molar-refractivity contribution in [2.45, 2.75) is 52.6 Å². The number of aromatic nitrogens is 1. The summed E-state index contributed by atoms with van der Waals surface area (Å²) < 4.78 is 11.3. The van der Waals surface area contributed by atoms with Crippen molar-refractivity contribution in [3.05, 3.63) is 23.4 Å². The highest BCUT2D eigenvalue weighted by Crippen LogP contribution is 2.33. The molecule has 1 aliphatic rings. The third-order valence-electron chi connectivity index (χ3n) is 3.62. The maximum atomic E-state index is 11.3. The second kappa shape index (κ2) is 5.57. The summed E-state index contributed by atoms with van der Waals surface area (Å²) >= 11 is 0. The van der Waals surface area contributed by atoms with Crippen molar-refractivity contribution >= 4 is 13.0 Å². The van der Waals surface area contributed by atoms with E-state index in [-0.39, 0.29) is 5.44 Å². The summed E-state index contributed by atoms with van der Waals surface area (Å²) in [6, 6.07) is 3.53. The molecule has 1 unspecified atom stereocenters. The lowest BCUT2D eigenvalue weighted by molar-refractivity contribution is 0.321. The van der Waals surface area contributed by atoms with Crippen LogP contribution in [0, 0.1) is 5.41 Å². The van der Waals surface area contributed by atoms with E-state index >= 15 is 0 Å². The number of hydrogen-bond acceptors (Lipinski definition) is 3. The summed E-state index contributed by atoms with van der Waals surface area (Å²) in [6.45, 7) is 7.37. The van der Waals surface area contributed by atoms with Crippen molar-refractivity contribution in [3.63, 3.8) is 0 Å². The Morgan fingerprint density at radius 2 is 2.10 bits per heavy atom. The number of nitrogens with one attached hydrogen (secondary N) is 1. The first-order chi connectivity index (χ1) is 9.15. The van der Waals surface area contributed by atoms with Crippen LogP contribution >= 0.6 is 7.60 Å². The highest BCUT2D eigenvalue weighted by Gasteiger charge is 2.25. The molecule has 0 fully saturated rings. The molecule has 2 heterocycles. The van der Waals surface area contributed by atoms with Gasteiger partial charge in [0.25, 0.3) is 0 Å². The summed E-state index contributed by atoms with van der Waals surface area (Å²) in [4.78, 5) is 22.6. The molecule has 1 aromatic heterocycles. The standard InChI is InChI=1S/C14H23N2O3P/c1-14(2,3)7-6-11-8-12-10(9-15-11)4-5-13(16-12)20(17,18)19/h4-5,11,15H,6-9H2,1-3H3,(H2,17,18,19). The minimum absolute atomic E-state index is 0.118. The average molecular weight is 298 g/mol. The normalized spacial score (nSPS) is 19.8. The highest BCUT2D eigenvalue weighted by atomic mass is 31.2. The molecule has 2 rings (SSSR count). The fourth-order valence-corrected chi connectivity index (χ4v) is 2.91. The first-order valence-electron chi connectivity index (χ1n) is 6.93. The Labute approximate surface area is 120 Å². The van der Waals surface area contributed by atoms with Crippen LogP contribution in [0.5, 0.6) is 0 Å². The topological polar surface area (TPSA) is 82.5 Å². The van der Waals surface area contributed by atoms with Gasteiger partial charge in [0.2, 0.25) is 0 Å². The molecule has 0 spiro atoms. The SMILES string of the molecule is CC(C)(C)CCC1Cc2nc(P(=O)(O)O)ccc2CN1. The van der Waals surface area contributed by atoms with E-state index in [1.807, 2.05) is 0 Å². The van der Waals surface area contributed by atoms with E-state index in [0.717, 1.165) is 37.1 Å². The van der Waals surface area contributed by atoms with Gasteiger partial charge in [-0.25, -0.2) is 4.98 Å². The maximum absolute atomic E-state index is 11.3. The van der Waals surface area contributed by atoms with Crippen molar-refractivity contribution in [1.29, 1.82) is 0 Å². The van der Waals surface area contributed by atoms with Crippen LogP contribution in [0.4, 0.5) is 0 Å². The molecule has 112 valence electrons. The lowest BCUT2D eigenvalue weighted by atomic mass is 9.86. The van der Waals surface area contributed by atoms with Crippen molar-refractivity contribution in [2.75, 3.05) is 0 Å². The molecular weight excluding hydrogens is 275 g/mol. The van der Waals surface area contributed by atoms with Crippen molar-refractivity contribution in [3.8, 4) is 0 Å². The predicted octanol–water partition coefficient (Wildman–Crippen LogP) is 1.73. The minimum atomic E-state index is -4.26. The maximum Gasteiger partial charge on any atom is 0.374 e. The van der Waals surface area contributed by atoms with Gasteiger partial charge in [-0.15, -0.1) is 0 Å². The van der Waals surface area contributed by atoms with Crippen molar-refractivity contribution in [1.82, 2.24) is 10.3 Å².